The first-order valence-electron chi connectivity index (χ1n) is 5.78. The second kappa shape index (κ2) is 5.42. The molecule has 0 atom stereocenters. The topological polar surface area (TPSA) is 60.2 Å². The van der Waals surface area contributed by atoms with E-state index in [1.165, 1.54) is 0 Å². The summed E-state index contributed by atoms with van der Waals surface area (Å²) in [6.45, 7) is 3.56. The summed E-state index contributed by atoms with van der Waals surface area (Å²) in [5.74, 6) is 0.847. The van der Waals surface area contributed by atoms with Crippen molar-refractivity contribution in [1.82, 2.24) is 4.98 Å². The minimum Gasteiger partial charge on any atom is -0.389 e. The van der Waals surface area contributed by atoms with E-state index in [0.717, 1.165) is 43.1 Å². The van der Waals surface area contributed by atoms with Crippen LogP contribution in [0, 0.1) is 6.92 Å². The highest BCUT2D eigenvalue weighted by Gasteiger charge is 2.14. The molecule has 1 aliphatic rings. The first-order chi connectivity index (χ1) is 8.15. The van der Waals surface area contributed by atoms with Crippen molar-refractivity contribution >= 4 is 23.0 Å². The highest BCUT2D eigenvalue weighted by Crippen LogP contribution is 2.15. The number of ether oxygens (including phenoxy) is 1. The van der Waals surface area contributed by atoms with Crippen LogP contribution in [-0.4, -0.2) is 29.2 Å². The van der Waals surface area contributed by atoms with Gasteiger partial charge in [0.25, 0.3) is 0 Å². The molecule has 4 nitrogen and oxygen atoms in total. The third-order valence-electron chi connectivity index (χ3n) is 2.81. The third kappa shape index (κ3) is 3.38. The van der Waals surface area contributed by atoms with Crippen LogP contribution >= 0.6 is 12.2 Å². The molecule has 17 heavy (non-hydrogen) atoms. The minimum absolute atomic E-state index is 0.408. The number of nitrogens with two attached hydrogens (primary N) is 1. The van der Waals surface area contributed by atoms with Crippen molar-refractivity contribution < 1.29 is 4.74 Å². The molecule has 0 bridgehead atoms. The molecule has 2 rings (SSSR count). The summed E-state index contributed by atoms with van der Waals surface area (Å²) < 4.78 is 5.32. The summed E-state index contributed by atoms with van der Waals surface area (Å²) in [7, 11) is 0. The van der Waals surface area contributed by atoms with Crippen molar-refractivity contribution in [3.8, 4) is 0 Å². The van der Waals surface area contributed by atoms with E-state index in [2.05, 4.69) is 10.3 Å². The van der Waals surface area contributed by atoms with Crippen molar-refractivity contribution in [2.45, 2.75) is 25.8 Å². The normalized spacial score (nSPS) is 16.8. The van der Waals surface area contributed by atoms with Crippen molar-refractivity contribution in [3.05, 3.63) is 23.4 Å². The zero-order valence-electron chi connectivity index (χ0n) is 9.90. The summed E-state index contributed by atoms with van der Waals surface area (Å²) in [5, 5.41) is 3.41. The van der Waals surface area contributed by atoms with Gasteiger partial charge in [-0.1, -0.05) is 12.2 Å². The van der Waals surface area contributed by atoms with Crippen LogP contribution in [-0.2, 0) is 4.74 Å². The Morgan fingerprint density at radius 2 is 2.18 bits per heavy atom. The smallest absolute Gasteiger partial charge is 0.127 e. The van der Waals surface area contributed by atoms with Gasteiger partial charge in [-0.25, -0.2) is 4.98 Å². The monoisotopic (exact) mass is 251 g/mol. The molecular formula is C12H17N3OS. The summed E-state index contributed by atoms with van der Waals surface area (Å²) >= 11 is 4.99. The lowest BCUT2D eigenvalue weighted by atomic mass is 10.1. The first kappa shape index (κ1) is 12.3. The first-order valence-corrected chi connectivity index (χ1v) is 6.19. The molecule has 0 spiro atoms. The third-order valence-corrected chi connectivity index (χ3v) is 3.05. The van der Waals surface area contributed by atoms with Crippen molar-refractivity contribution in [2.75, 3.05) is 18.5 Å². The van der Waals surface area contributed by atoms with E-state index >= 15 is 0 Å². The largest absolute Gasteiger partial charge is 0.389 e. The Balaban J connectivity index is 2.11. The van der Waals surface area contributed by atoms with Crippen LogP contribution in [0.4, 0.5) is 5.82 Å². The van der Waals surface area contributed by atoms with E-state index < -0.39 is 0 Å². The van der Waals surface area contributed by atoms with Gasteiger partial charge in [0.2, 0.25) is 0 Å². The van der Waals surface area contributed by atoms with Crippen molar-refractivity contribution in [1.29, 1.82) is 0 Å². The van der Waals surface area contributed by atoms with Gasteiger partial charge in [-0.05, 0) is 31.9 Å². The van der Waals surface area contributed by atoms with Crippen LogP contribution in [0.2, 0.25) is 0 Å². The zero-order valence-corrected chi connectivity index (χ0v) is 10.7. The van der Waals surface area contributed by atoms with Crippen LogP contribution in [0.15, 0.2) is 12.1 Å². The van der Waals surface area contributed by atoms with Gasteiger partial charge in [-0.2, -0.15) is 0 Å². The van der Waals surface area contributed by atoms with Crippen LogP contribution in [0.3, 0.4) is 0 Å². The number of aryl methyl sites for hydroxylation is 1. The van der Waals surface area contributed by atoms with E-state index in [1.54, 1.807) is 0 Å². The molecule has 0 radical (unpaired) electrons. The predicted octanol–water partition coefficient (Wildman–Crippen LogP) is 1.62. The summed E-state index contributed by atoms with van der Waals surface area (Å²) in [6.07, 6.45) is 2.02. The van der Waals surface area contributed by atoms with Crippen LogP contribution < -0.4 is 11.1 Å². The van der Waals surface area contributed by atoms with E-state index in [1.807, 2.05) is 19.1 Å². The number of nitrogens with one attached hydrogen (secondary N) is 1. The fraction of sp³-hybridized carbons (Fsp3) is 0.500. The lowest BCUT2D eigenvalue weighted by Crippen LogP contribution is -2.28. The Morgan fingerprint density at radius 3 is 2.82 bits per heavy atom. The molecule has 0 unspecified atom stereocenters. The number of hydrogen-bond acceptors (Lipinski definition) is 4. The summed E-state index contributed by atoms with van der Waals surface area (Å²) in [6, 6.07) is 4.24. The minimum atomic E-state index is 0.408. The maximum absolute atomic E-state index is 5.64. The molecule has 0 aliphatic carbocycles. The molecular weight excluding hydrogens is 234 g/mol. The van der Waals surface area contributed by atoms with Gasteiger partial charge < -0.3 is 15.8 Å². The molecule has 92 valence electrons. The summed E-state index contributed by atoms with van der Waals surface area (Å²) in [5.41, 5.74) is 7.42. The molecule has 2 heterocycles. The second-order valence-corrected chi connectivity index (χ2v) is 4.72. The lowest BCUT2D eigenvalue weighted by Gasteiger charge is -2.24. The standard InChI is InChI=1S/C12H17N3OS/c1-8-6-9(12(13)17)7-11(14-8)15-10-2-4-16-5-3-10/h6-7,10H,2-5H2,1H3,(H2,13,17)(H,14,15). The Bertz CT molecular complexity index is 416. The van der Waals surface area contributed by atoms with Crippen LogP contribution in [0.1, 0.15) is 24.1 Å². The number of nitrogens with zero attached hydrogens (tertiary/aromatic N) is 1. The maximum Gasteiger partial charge on any atom is 0.127 e. The van der Waals surface area contributed by atoms with Gasteiger partial charge in [-0.3, -0.25) is 0 Å². The predicted molar refractivity (Wildman–Crippen MR) is 72.3 cm³/mol. The molecule has 0 saturated carbocycles. The van der Waals surface area contributed by atoms with E-state index in [9.17, 15) is 0 Å². The highest BCUT2D eigenvalue weighted by molar-refractivity contribution is 7.80. The van der Waals surface area contributed by atoms with Gasteiger partial charge in [0, 0.05) is 30.5 Å². The highest BCUT2D eigenvalue weighted by atomic mass is 32.1. The van der Waals surface area contributed by atoms with E-state index in [0.29, 0.717) is 11.0 Å². The fourth-order valence-corrected chi connectivity index (χ4v) is 2.05. The Morgan fingerprint density at radius 1 is 1.47 bits per heavy atom. The molecule has 0 amide bonds. The Hall–Kier alpha value is -1.20. The number of thiocarbonyl (C=S) groups is 1. The van der Waals surface area contributed by atoms with Gasteiger partial charge in [-0.15, -0.1) is 0 Å². The van der Waals surface area contributed by atoms with Gasteiger partial charge in [0.1, 0.15) is 10.8 Å². The molecule has 3 N–H and O–H groups in total. The number of anilines is 1. The quantitative estimate of drug-likeness (QED) is 0.799. The van der Waals surface area contributed by atoms with Crippen molar-refractivity contribution in [2.24, 2.45) is 5.73 Å². The lowest BCUT2D eigenvalue weighted by molar-refractivity contribution is 0.0904. The maximum atomic E-state index is 5.64. The zero-order chi connectivity index (χ0) is 12.3. The number of rotatable bonds is 3. The SMILES string of the molecule is Cc1cc(C(N)=S)cc(NC2CCOCC2)n1. The van der Waals surface area contributed by atoms with Crippen molar-refractivity contribution in [3.63, 3.8) is 0 Å². The van der Waals surface area contributed by atoms with Crippen LogP contribution in [0.25, 0.3) is 0 Å². The number of pyridine rings is 1. The fourth-order valence-electron chi connectivity index (χ4n) is 1.94. The number of hydrogen-bond donors (Lipinski definition) is 2. The van der Waals surface area contributed by atoms with Gasteiger partial charge >= 0.3 is 0 Å². The molecule has 1 aromatic rings. The van der Waals surface area contributed by atoms with E-state index in [4.69, 9.17) is 22.7 Å². The van der Waals surface area contributed by atoms with Gasteiger partial charge in [0.05, 0.1) is 0 Å². The van der Waals surface area contributed by atoms with E-state index in [-0.39, 0.29) is 0 Å². The Labute approximate surface area is 107 Å². The van der Waals surface area contributed by atoms with Crippen LogP contribution in [0.5, 0.6) is 0 Å². The molecule has 1 saturated heterocycles. The second-order valence-electron chi connectivity index (χ2n) is 4.28. The molecule has 1 aromatic heterocycles. The summed E-state index contributed by atoms with van der Waals surface area (Å²) in [4.78, 5) is 4.85. The Kier molecular flexibility index (Phi) is 3.91. The average Bonchev–Trinajstić information content (AvgIpc) is 2.29. The number of aromatic nitrogens is 1. The molecule has 1 aliphatic heterocycles. The average molecular weight is 251 g/mol. The van der Waals surface area contributed by atoms with Gasteiger partial charge in [0.15, 0.2) is 0 Å². The molecule has 0 aromatic carbocycles. The molecule has 5 heteroatoms. The molecule has 1 fully saturated rings.